The molecule has 0 saturated carbocycles. The lowest BCUT2D eigenvalue weighted by Crippen LogP contribution is -2.12. The van der Waals surface area contributed by atoms with Crippen LogP contribution < -0.4 is 0 Å². The van der Waals surface area contributed by atoms with E-state index in [2.05, 4.69) is 46.9 Å². The fourth-order valence-electron chi connectivity index (χ4n) is 3.25. The van der Waals surface area contributed by atoms with Crippen LogP contribution in [0.15, 0.2) is 30.3 Å². The third-order valence-corrected chi connectivity index (χ3v) is 5.34. The van der Waals surface area contributed by atoms with Crippen molar-refractivity contribution in [3.05, 3.63) is 51.8 Å². The number of nitriles is 1. The number of imidazole rings is 1. The molecule has 4 aromatic rings. The van der Waals surface area contributed by atoms with Crippen LogP contribution in [0.4, 0.5) is 0 Å². The molecule has 3 aromatic heterocycles. The third kappa shape index (κ3) is 3.27. The number of pyridine rings is 1. The van der Waals surface area contributed by atoms with Crippen molar-refractivity contribution < 1.29 is 0 Å². The predicted octanol–water partition coefficient (Wildman–Crippen LogP) is 5.50. The van der Waals surface area contributed by atoms with E-state index in [1.54, 1.807) is 10.7 Å². The molecule has 1 aromatic carbocycles. The molecule has 146 valence electrons. The summed E-state index contributed by atoms with van der Waals surface area (Å²) in [5.74, 6) is 0.533. The second-order valence-electron chi connectivity index (χ2n) is 7.81. The topological polar surface area (TPSA) is 83.2 Å². The third-order valence-electron chi connectivity index (χ3n) is 4.65. The van der Waals surface area contributed by atoms with Gasteiger partial charge in [0.1, 0.15) is 17.3 Å². The number of hydrogen-bond donors (Lipinski definition) is 1. The maximum atomic E-state index is 9.63. The van der Waals surface area contributed by atoms with Crippen molar-refractivity contribution in [3.63, 3.8) is 0 Å². The molecule has 0 spiro atoms. The number of aryl methyl sites for hydroxylation is 1. The zero-order valence-corrected chi connectivity index (χ0v) is 17.9. The molecule has 0 aliphatic carbocycles. The van der Waals surface area contributed by atoms with Gasteiger partial charge in [0.25, 0.3) is 0 Å². The highest BCUT2D eigenvalue weighted by molar-refractivity contribution is 6.34. The highest BCUT2D eigenvalue weighted by atomic mass is 35.5. The van der Waals surface area contributed by atoms with Crippen LogP contribution in [0.3, 0.4) is 0 Å². The summed E-state index contributed by atoms with van der Waals surface area (Å²) in [5, 5.41) is 15.3. The van der Waals surface area contributed by atoms with Gasteiger partial charge in [-0.3, -0.25) is 4.68 Å². The molecule has 3 heterocycles. The van der Waals surface area contributed by atoms with Gasteiger partial charge in [0.05, 0.1) is 21.9 Å². The maximum absolute atomic E-state index is 9.63. The summed E-state index contributed by atoms with van der Waals surface area (Å²) < 4.78 is 1.70. The van der Waals surface area contributed by atoms with Crippen LogP contribution in [0.25, 0.3) is 33.8 Å². The first kappa shape index (κ1) is 19.4. The minimum atomic E-state index is -0.213. The number of hydrogen-bond acceptors (Lipinski definition) is 4. The fraction of sp³-hybridized carbons (Fsp3) is 0.238. The summed E-state index contributed by atoms with van der Waals surface area (Å²) in [6, 6.07) is 11.3. The number of halogens is 2. The first-order valence-electron chi connectivity index (χ1n) is 9.00. The molecular formula is C21H18Cl2N6. The second kappa shape index (κ2) is 6.87. The Morgan fingerprint density at radius 3 is 2.48 bits per heavy atom. The zero-order valence-electron chi connectivity index (χ0n) is 16.4. The molecule has 0 bridgehead atoms. The van der Waals surface area contributed by atoms with E-state index < -0.39 is 0 Å². The molecule has 4 rings (SSSR count). The van der Waals surface area contributed by atoms with Crippen molar-refractivity contribution in [3.8, 4) is 28.8 Å². The Balaban J connectivity index is 1.94. The number of nitrogens with one attached hydrogen (secondary N) is 1. The number of rotatable bonds is 2. The van der Waals surface area contributed by atoms with Gasteiger partial charge < -0.3 is 4.98 Å². The van der Waals surface area contributed by atoms with Gasteiger partial charge in [-0.1, -0.05) is 62.2 Å². The van der Waals surface area contributed by atoms with Crippen molar-refractivity contribution in [2.45, 2.75) is 26.2 Å². The number of H-pyrrole nitrogens is 1. The number of aromatic amines is 1. The summed E-state index contributed by atoms with van der Waals surface area (Å²) in [7, 11) is 1.82. The Morgan fingerprint density at radius 2 is 1.86 bits per heavy atom. The summed E-state index contributed by atoms with van der Waals surface area (Å²) in [6.07, 6.45) is 0. The molecule has 0 amide bonds. The normalized spacial score (nSPS) is 11.8. The van der Waals surface area contributed by atoms with E-state index in [0.29, 0.717) is 38.3 Å². The molecule has 0 aliphatic heterocycles. The van der Waals surface area contributed by atoms with Crippen LogP contribution in [0.5, 0.6) is 0 Å². The zero-order chi connectivity index (χ0) is 20.9. The highest BCUT2D eigenvalue weighted by Crippen LogP contribution is 2.36. The average molecular weight is 425 g/mol. The van der Waals surface area contributed by atoms with E-state index in [1.807, 2.05) is 31.3 Å². The Bertz CT molecular complexity index is 1290. The van der Waals surface area contributed by atoms with E-state index in [1.165, 1.54) is 0 Å². The largest absolute Gasteiger partial charge is 0.336 e. The van der Waals surface area contributed by atoms with Gasteiger partial charge in [-0.25, -0.2) is 9.97 Å². The summed E-state index contributed by atoms with van der Waals surface area (Å²) in [5.41, 5.74) is 3.95. The quantitative estimate of drug-likeness (QED) is 0.460. The summed E-state index contributed by atoms with van der Waals surface area (Å²) in [4.78, 5) is 12.3. The van der Waals surface area contributed by atoms with Gasteiger partial charge in [0.15, 0.2) is 11.5 Å². The first-order chi connectivity index (χ1) is 13.7. The van der Waals surface area contributed by atoms with Crippen molar-refractivity contribution in [2.75, 3.05) is 0 Å². The minimum Gasteiger partial charge on any atom is -0.336 e. The van der Waals surface area contributed by atoms with Crippen molar-refractivity contribution in [2.24, 2.45) is 7.05 Å². The molecule has 0 saturated heterocycles. The summed E-state index contributed by atoms with van der Waals surface area (Å²) in [6.45, 7) is 6.16. The minimum absolute atomic E-state index is 0.213. The van der Waals surface area contributed by atoms with E-state index in [-0.39, 0.29) is 11.1 Å². The van der Waals surface area contributed by atoms with Crippen molar-refractivity contribution in [1.82, 2.24) is 24.7 Å². The molecular weight excluding hydrogens is 407 g/mol. The molecule has 1 N–H and O–H groups in total. The first-order valence-corrected chi connectivity index (χ1v) is 9.75. The maximum Gasteiger partial charge on any atom is 0.169 e. The van der Waals surface area contributed by atoms with Gasteiger partial charge in [-0.15, -0.1) is 0 Å². The average Bonchev–Trinajstić information content (AvgIpc) is 3.21. The predicted molar refractivity (Wildman–Crippen MR) is 115 cm³/mol. The summed E-state index contributed by atoms with van der Waals surface area (Å²) >= 11 is 13.0. The van der Waals surface area contributed by atoms with Gasteiger partial charge in [-0.2, -0.15) is 10.4 Å². The Hall–Kier alpha value is -2.88. The lowest BCUT2D eigenvalue weighted by Gasteiger charge is -2.15. The molecule has 0 fully saturated rings. The monoisotopic (exact) mass is 424 g/mol. The number of benzene rings is 1. The Labute approximate surface area is 178 Å². The molecule has 0 unspecified atom stereocenters. The highest BCUT2D eigenvalue weighted by Gasteiger charge is 2.27. The number of aromatic nitrogens is 5. The van der Waals surface area contributed by atoms with E-state index >= 15 is 0 Å². The Kier molecular flexibility index (Phi) is 4.60. The number of fused-ring (bicyclic) bond motifs is 1. The van der Waals surface area contributed by atoms with Crippen LogP contribution >= 0.6 is 23.2 Å². The van der Waals surface area contributed by atoms with E-state index in [0.717, 1.165) is 11.3 Å². The van der Waals surface area contributed by atoms with Crippen molar-refractivity contribution >= 4 is 34.2 Å². The smallest absolute Gasteiger partial charge is 0.169 e. The fourth-order valence-corrected chi connectivity index (χ4v) is 4.01. The molecule has 6 nitrogen and oxygen atoms in total. The SMILES string of the molecule is Cn1nc(C(C)(C)C)c(Cl)c1-c1nc2c(C#N)nc(-c3ccccc3Cl)cc2[nH]1. The molecule has 8 heteroatoms. The molecule has 0 atom stereocenters. The van der Waals surface area contributed by atoms with Crippen molar-refractivity contribution in [1.29, 1.82) is 5.26 Å². The van der Waals surface area contributed by atoms with E-state index in [9.17, 15) is 5.26 Å². The second-order valence-corrected chi connectivity index (χ2v) is 8.60. The number of nitrogens with zero attached hydrogens (tertiary/aromatic N) is 5. The lowest BCUT2D eigenvalue weighted by atomic mass is 9.92. The molecule has 0 radical (unpaired) electrons. The van der Waals surface area contributed by atoms with E-state index in [4.69, 9.17) is 23.2 Å². The lowest BCUT2D eigenvalue weighted by molar-refractivity contribution is 0.553. The van der Waals surface area contributed by atoms with Crippen LogP contribution in [-0.4, -0.2) is 24.7 Å². The standard InChI is InChI=1S/C21H18Cl2N6/c1-21(2,3)19-16(23)18(29(4)28-19)20-26-14-9-13(11-7-5-6-8-12(11)22)25-15(10-24)17(14)27-20/h5-9H,1-4H3,(H,26,27). The van der Waals surface area contributed by atoms with Gasteiger partial charge in [0, 0.05) is 23.0 Å². The van der Waals surface area contributed by atoms with Crippen LogP contribution in [0, 0.1) is 11.3 Å². The van der Waals surface area contributed by atoms with Crippen LogP contribution in [0.1, 0.15) is 32.2 Å². The van der Waals surface area contributed by atoms with Gasteiger partial charge in [-0.05, 0) is 12.1 Å². The van der Waals surface area contributed by atoms with Gasteiger partial charge >= 0.3 is 0 Å². The molecule has 0 aliphatic rings. The van der Waals surface area contributed by atoms with Crippen LogP contribution in [0.2, 0.25) is 10.0 Å². The molecule has 29 heavy (non-hydrogen) atoms. The Morgan fingerprint density at radius 1 is 1.14 bits per heavy atom. The van der Waals surface area contributed by atoms with Crippen LogP contribution in [-0.2, 0) is 12.5 Å². The van der Waals surface area contributed by atoms with Gasteiger partial charge in [0.2, 0.25) is 0 Å².